The number of benzene rings is 2. The van der Waals surface area contributed by atoms with Gasteiger partial charge >= 0.3 is 0 Å². The van der Waals surface area contributed by atoms with Crippen LogP contribution in [-0.2, 0) is 0 Å². The molecule has 2 aromatic carbocycles. The molecule has 1 aliphatic rings. The Morgan fingerprint density at radius 2 is 1.96 bits per heavy atom. The average Bonchev–Trinajstić information content (AvgIpc) is 3.35. The normalized spacial score (nSPS) is 13.4. The van der Waals surface area contributed by atoms with Gasteiger partial charge in [0.25, 0.3) is 17.6 Å². The molecule has 0 spiro atoms. The number of ether oxygens (including phenoxy) is 2. The summed E-state index contributed by atoms with van der Waals surface area (Å²) in [5.74, 6) is 1.34. The average molecular weight is 351 g/mol. The lowest BCUT2D eigenvalue weighted by Crippen LogP contribution is -2.28. The van der Waals surface area contributed by atoms with Crippen molar-refractivity contribution in [2.45, 2.75) is 12.8 Å². The van der Waals surface area contributed by atoms with Crippen LogP contribution in [0.25, 0.3) is 11.5 Å². The van der Waals surface area contributed by atoms with Crippen molar-refractivity contribution in [2.24, 2.45) is 0 Å². The third-order valence-electron chi connectivity index (χ3n) is 4.19. The molecule has 132 valence electrons. The van der Waals surface area contributed by atoms with Gasteiger partial charge in [-0.1, -0.05) is 42.4 Å². The van der Waals surface area contributed by atoms with Crippen LogP contribution in [0.1, 0.15) is 29.0 Å². The van der Waals surface area contributed by atoms with Crippen LogP contribution in [0.5, 0.6) is 11.5 Å². The highest BCUT2D eigenvalue weighted by Crippen LogP contribution is 2.35. The maximum atomic E-state index is 12.3. The van der Waals surface area contributed by atoms with E-state index < -0.39 is 0 Å². The van der Waals surface area contributed by atoms with Gasteiger partial charge in [0.1, 0.15) is 0 Å². The number of hydrogen-bond acceptors (Lipinski definition) is 6. The highest BCUT2D eigenvalue weighted by Gasteiger charge is 2.19. The highest BCUT2D eigenvalue weighted by molar-refractivity contribution is 5.90. The molecule has 26 heavy (non-hydrogen) atoms. The van der Waals surface area contributed by atoms with Crippen LogP contribution < -0.4 is 14.8 Å². The Morgan fingerprint density at radius 3 is 2.81 bits per heavy atom. The fraction of sp³-hybridized carbons (Fsp3) is 0.211. The molecule has 0 aliphatic carbocycles. The highest BCUT2D eigenvalue weighted by atomic mass is 16.7. The molecule has 1 N–H and O–H groups in total. The number of fused-ring (bicyclic) bond motifs is 1. The number of nitrogens with one attached hydrogen (secondary N) is 1. The first kappa shape index (κ1) is 16.1. The number of amides is 1. The van der Waals surface area contributed by atoms with Gasteiger partial charge in [0, 0.05) is 12.1 Å². The molecule has 4 rings (SSSR count). The van der Waals surface area contributed by atoms with Crippen molar-refractivity contribution in [1.29, 1.82) is 0 Å². The van der Waals surface area contributed by atoms with Crippen LogP contribution in [-0.4, -0.2) is 29.4 Å². The van der Waals surface area contributed by atoms with Crippen molar-refractivity contribution in [2.75, 3.05) is 13.3 Å². The van der Waals surface area contributed by atoms with Gasteiger partial charge in [-0.05, 0) is 29.7 Å². The van der Waals surface area contributed by atoms with Crippen LogP contribution in [0.3, 0.4) is 0 Å². The zero-order valence-corrected chi connectivity index (χ0v) is 14.1. The zero-order valence-electron chi connectivity index (χ0n) is 14.1. The Balaban J connectivity index is 1.42. The minimum atomic E-state index is -0.372. The second-order valence-corrected chi connectivity index (χ2v) is 6.01. The van der Waals surface area contributed by atoms with Gasteiger partial charge < -0.3 is 19.3 Å². The monoisotopic (exact) mass is 351 g/mol. The lowest BCUT2D eigenvalue weighted by molar-refractivity contribution is 0.0938. The molecule has 0 saturated heterocycles. The third-order valence-corrected chi connectivity index (χ3v) is 4.19. The zero-order chi connectivity index (χ0) is 17.9. The van der Waals surface area contributed by atoms with Crippen LogP contribution >= 0.6 is 0 Å². The van der Waals surface area contributed by atoms with E-state index in [0.717, 1.165) is 5.56 Å². The number of carbonyl (C=O) groups is 1. The van der Waals surface area contributed by atoms with E-state index in [2.05, 4.69) is 15.5 Å². The van der Waals surface area contributed by atoms with E-state index in [1.165, 1.54) is 0 Å². The lowest BCUT2D eigenvalue weighted by atomic mass is 10.0. The Bertz CT molecular complexity index is 924. The second-order valence-electron chi connectivity index (χ2n) is 6.01. The number of nitrogens with zero attached hydrogens (tertiary/aromatic N) is 2. The molecule has 0 saturated carbocycles. The summed E-state index contributed by atoms with van der Waals surface area (Å²) >= 11 is 0. The predicted molar refractivity (Wildman–Crippen MR) is 93.0 cm³/mol. The molecule has 0 unspecified atom stereocenters. The summed E-state index contributed by atoms with van der Waals surface area (Å²) in [6.07, 6.45) is 0. The molecular weight excluding hydrogens is 334 g/mol. The largest absolute Gasteiger partial charge is 0.454 e. The van der Waals surface area contributed by atoms with Gasteiger partial charge in [0.05, 0.1) is 0 Å². The first-order valence-corrected chi connectivity index (χ1v) is 8.27. The molecule has 1 aliphatic heterocycles. The SMILES string of the molecule is C[C@H](CNC(=O)c1noc(-c2ccc3c(c2)OCO3)n1)c1ccccc1. The molecule has 1 amide bonds. The van der Waals surface area contributed by atoms with Gasteiger partial charge in [-0.15, -0.1) is 0 Å². The molecule has 3 aromatic rings. The number of rotatable bonds is 5. The molecule has 7 nitrogen and oxygen atoms in total. The fourth-order valence-electron chi connectivity index (χ4n) is 2.69. The maximum Gasteiger partial charge on any atom is 0.292 e. The molecule has 0 radical (unpaired) electrons. The summed E-state index contributed by atoms with van der Waals surface area (Å²) in [4.78, 5) is 16.4. The standard InChI is InChI=1S/C19H17N3O4/c1-12(13-5-3-2-4-6-13)10-20-18(23)17-21-19(26-22-17)14-7-8-15-16(9-14)25-11-24-15/h2-9,12H,10-11H2,1H3,(H,20,23)/t12-/m1/s1. The maximum absolute atomic E-state index is 12.3. The second kappa shape index (κ2) is 6.87. The number of hydrogen-bond donors (Lipinski definition) is 1. The summed E-state index contributed by atoms with van der Waals surface area (Å²) in [5, 5.41) is 6.60. The van der Waals surface area contributed by atoms with Gasteiger partial charge in [-0.3, -0.25) is 4.79 Å². The van der Waals surface area contributed by atoms with E-state index in [-0.39, 0.29) is 30.3 Å². The molecule has 0 fully saturated rings. The molecule has 7 heteroatoms. The topological polar surface area (TPSA) is 86.5 Å². The van der Waals surface area contributed by atoms with Gasteiger partial charge in [-0.2, -0.15) is 4.98 Å². The van der Waals surface area contributed by atoms with Crippen molar-refractivity contribution in [3.63, 3.8) is 0 Å². The van der Waals surface area contributed by atoms with E-state index >= 15 is 0 Å². The fourth-order valence-corrected chi connectivity index (χ4v) is 2.69. The van der Waals surface area contributed by atoms with Crippen LogP contribution in [0.2, 0.25) is 0 Å². The molecular formula is C19H17N3O4. The van der Waals surface area contributed by atoms with E-state index in [0.29, 0.717) is 23.6 Å². The van der Waals surface area contributed by atoms with Gasteiger partial charge in [0.2, 0.25) is 6.79 Å². The van der Waals surface area contributed by atoms with Crippen molar-refractivity contribution in [3.8, 4) is 23.0 Å². The smallest absolute Gasteiger partial charge is 0.292 e. The molecule has 1 aromatic heterocycles. The summed E-state index contributed by atoms with van der Waals surface area (Å²) in [6, 6.07) is 15.3. The predicted octanol–water partition coefficient (Wildman–Crippen LogP) is 3.00. The first-order chi connectivity index (χ1) is 12.7. The van der Waals surface area contributed by atoms with E-state index in [1.54, 1.807) is 18.2 Å². The summed E-state index contributed by atoms with van der Waals surface area (Å²) < 4.78 is 15.8. The number of aromatic nitrogens is 2. The molecule has 0 bridgehead atoms. The van der Waals surface area contributed by atoms with E-state index in [1.807, 2.05) is 37.3 Å². The van der Waals surface area contributed by atoms with E-state index in [4.69, 9.17) is 14.0 Å². The summed E-state index contributed by atoms with van der Waals surface area (Å²) in [5.41, 5.74) is 1.82. The Hall–Kier alpha value is -3.35. The van der Waals surface area contributed by atoms with Gasteiger partial charge in [-0.25, -0.2) is 0 Å². The Kier molecular flexibility index (Phi) is 4.27. The first-order valence-electron chi connectivity index (χ1n) is 8.27. The van der Waals surface area contributed by atoms with Crippen molar-refractivity contribution in [1.82, 2.24) is 15.5 Å². The minimum Gasteiger partial charge on any atom is -0.454 e. The van der Waals surface area contributed by atoms with Crippen molar-refractivity contribution in [3.05, 3.63) is 59.9 Å². The van der Waals surface area contributed by atoms with Crippen molar-refractivity contribution < 1.29 is 18.8 Å². The quantitative estimate of drug-likeness (QED) is 0.760. The van der Waals surface area contributed by atoms with Crippen LogP contribution in [0.15, 0.2) is 53.1 Å². The van der Waals surface area contributed by atoms with Crippen LogP contribution in [0, 0.1) is 0 Å². The number of carbonyl (C=O) groups excluding carboxylic acids is 1. The minimum absolute atomic E-state index is 0.00192. The van der Waals surface area contributed by atoms with E-state index in [9.17, 15) is 4.79 Å². The lowest BCUT2D eigenvalue weighted by Gasteiger charge is -2.11. The molecule has 2 heterocycles. The Morgan fingerprint density at radius 1 is 1.15 bits per heavy atom. The van der Waals surface area contributed by atoms with Crippen molar-refractivity contribution >= 4 is 5.91 Å². The molecule has 1 atom stereocenters. The van der Waals surface area contributed by atoms with Crippen LogP contribution in [0.4, 0.5) is 0 Å². The third kappa shape index (κ3) is 3.23. The summed E-state index contributed by atoms with van der Waals surface area (Å²) in [6.45, 7) is 2.72. The summed E-state index contributed by atoms with van der Waals surface area (Å²) in [7, 11) is 0. The Labute approximate surface area is 149 Å². The van der Waals surface area contributed by atoms with Gasteiger partial charge in [0.15, 0.2) is 11.5 Å².